The van der Waals surface area contributed by atoms with E-state index in [-0.39, 0.29) is 16.6 Å². The molecular weight excluding hydrogens is 569 g/mol. The number of aliphatic hydroxyl groups excluding tert-OH is 3. The maximum Gasteiger partial charge on any atom is 0.253 e. The van der Waals surface area contributed by atoms with E-state index in [2.05, 4.69) is 0 Å². The van der Waals surface area contributed by atoms with Crippen molar-refractivity contribution in [2.75, 3.05) is 25.4 Å². The Morgan fingerprint density at radius 2 is 1.80 bits per heavy atom. The fourth-order valence-electron chi connectivity index (χ4n) is 4.98. The SMILES string of the molecule is CCOc1ccc(Cc2cc([C@@H]3O[C@H](CSc4cc(C(=O)N5CCC5)ccc4F)[C@@H](O)[C@H](O)[C@H]3O)ccc2Cl)cc1. The number of ether oxygens (including phenoxy) is 2. The van der Waals surface area contributed by atoms with E-state index >= 15 is 0 Å². The molecule has 10 heteroatoms. The average Bonchev–Trinajstić information content (AvgIpc) is 2.93. The Morgan fingerprint density at radius 1 is 1.05 bits per heavy atom. The van der Waals surface area contributed by atoms with Crippen molar-refractivity contribution >= 4 is 29.3 Å². The summed E-state index contributed by atoms with van der Waals surface area (Å²) in [6, 6.07) is 17.2. The van der Waals surface area contributed by atoms with Crippen molar-refractivity contribution in [2.45, 2.75) is 55.2 Å². The highest BCUT2D eigenvalue weighted by molar-refractivity contribution is 7.99. The van der Waals surface area contributed by atoms with Gasteiger partial charge < -0.3 is 29.7 Å². The number of halogens is 2. The smallest absolute Gasteiger partial charge is 0.253 e. The van der Waals surface area contributed by atoms with E-state index in [0.717, 1.165) is 35.1 Å². The number of rotatable bonds is 9. The van der Waals surface area contributed by atoms with Crippen LogP contribution in [0, 0.1) is 5.82 Å². The Morgan fingerprint density at radius 3 is 2.49 bits per heavy atom. The van der Waals surface area contributed by atoms with Gasteiger partial charge in [-0.1, -0.05) is 35.9 Å². The van der Waals surface area contributed by atoms with Gasteiger partial charge in [-0.2, -0.15) is 0 Å². The first kappa shape index (κ1) is 29.8. The second-order valence-electron chi connectivity index (χ2n) is 10.3. The monoisotopic (exact) mass is 601 g/mol. The van der Waals surface area contributed by atoms with E-state index < -0.39 is 36.3 Å². The summed E-state index contributed by atoms with van der Waals surface area (Å²) in [4.78, 5) is 14.5. The summed E-state index contributed by atoms with van der Waals surface area (Å²) < 4.78 is 26.3. The topological polar surface area (TPSA) is 99.5 Å². The molecule has 3 aromatic carbocycles. The number of carbonyl (C=O) groups excluding carboxylic acids is 1. The maximum atomic E-state index is 14.6. The summed E-state index contributed by atoms with van der Waals surface area (Å²) in [7, 11) is 0. The van der Waals surface area contributed by atoms with E-state index in [1.165, 1.54) is 18.2 Å². The number of hydrogen-bond donors (Lipinski definition) is 3. The number of carbonyl (C=O) groups is 1. The minimum absolute atomic E-state index is 0.0896. The molecule has 1 amide bonds. The number of amides is 1. The molecule has 0 bridgehead atoms. The lowest BCUT2D eigenvalue weighted by molar-refractivity contribution is -0.218. The van der Waals surface area contributed by atoms with Crippen molar-refractivity contribution in [1.29, 1.82) is 0 Å². The first-order chi connectivity index (χ1) is 19.7. The molecule has 2 fully saturated rings. The second kappa shape index (κ2) is 13.1. The van der Waals surface area contributed by atoms with E-state index in [1.54, 1.807) is 17.0 Å². The van der Waals surface area contributed by atoms with Crippen molar-refractivity contribution in [2.24, 2.45) is 0 Å². The highest BCUT2D eigenvalue weighted by atomic mass is 35.5. The molecule has 3 N–H and O–H groups in total. The van der Waals surface area contributed by atoms with Crippen molar-refractivity contribution in [3.63, 3.8) is 0 Å². The van der Waals surface area contributed by atoms with Gasteiger partial charge in [-0.25, -0.2) is 4.39 Å². The fourth-order valence-corrected chi connectivity index (χ4v) is 6.20. The first-order valence-electron chi connectivity index (χ1n) is 13.7. The van der Waals surface area contributed by atoms with Crippen LogP contribution in [0.25, 0.3) is 0 Å². The third-order valence-electron chi connectivity index (χ3n) is 7.46. The van der Waals surface area contributed by atoms with Gasteiger partial charge in [-0.05, 0) is 72.9 Å². The van der Waals surface area contributed by atoms with Gasteiger partial charge in [0.2, 0.25) is 0 Å². The van der Waals surface area contributed by atoms with Crippen LogP contribution in [0.1, 0.15) is 46.5 Å². The van der Waals surface area contributed by atoms with Crippen LogP contribution in [0.3, 0.4) is 0 Å². The van der Waals surface area contributed by atoms with Gasteiger partial charge in [0.15, 0.2) is 0 Å². The Hall–Kier alpha value is -2.66. The van der Waals surface area contributed by atoms with Crippen molar-refractivity contribution in [3.8, 4) is 5.75 Å². The summed E-state index contributed by atoms with van der Waals surface area (Å²) in [5.74, 6) is 0.232. The molecule has 41 heavy (non-hydrogen) atoms. The number of nitrogens with zero attached hydrogens (tertiary/aromatic N) is 1. The molecule has 2 saturated heterocycles. The molecule has 0 saturated carbocycles. The molecule has 0 unspecified atom stereocenters. The van der Waals surface area contributed by atoms with Crippen LogP contribution in [0.4, 0.5) is 4.39 Å². The summed E-state index contributed by atoms with van der Waals surface area (Å²) in [5, 5.41) is 32.8. The van der Waals surface area contributed by atoms with Gasteiger partial charge in [-0.3, -0.25) is 4.79 Å². The van der Waals surface area contributed by atoms with Gasteiger partial charge >= 0.3 is 0 Å². The Labute approximate surface area is 247 Å². The zero-order valence-corrected chi connectivity index (χ0v) is 24.2. The van der Waals surface area contributed by atoms with E-state index in [0.29, 0.717) is 42.3 Å². The third kappa shape index (κ3) is 6.71. The normalized spacial score (nSPS) is 24.1. The molecule has 218 valence electrons. The Kier molecular flexibility index (Phi) is 9.53. The molecule has 5 atom stereocenters. The lowest BCUT2D eigenvalue weighted by atomic mass is 9.90. The highest BCUT2D eigenvalue weighted by Gasteiger charge is 2.44. The highest BCUT2D eigenvalue weighted by Crippen LogP contribution is 2.37. The van der Waals surface area contributed by atoms with Crippen LogP contribution in [0.5, 0.6) is 5.75 Å². The third-order valence-corrected chi connectivity index (χ3v) is 8.95. The van der Waals surface area contributed by atoms with Gasteiger partial charge in [0.05, 0.1) is 12.7 Å². The largest absolute Gasteiger partial charge is 0.494 e. The number of benzene rings is 3. The molecule has 7 nitrogen and oxygen atoms in total. The zero-order valence-electron chi connectivity index (χ0n) is 22.6. The average molecular weight is 602 g/mol. The first-order valence-corrected chi connectivity index (χ1v) is 15.0. The van der Waals surface area contributed by atoms with Gasteiger partial charge in [0, 0.05) is 34.3 Å². The molecule has 0 aromatic heterocycles. The lowest BCUT2D eigenvalue weighted by Crippen LogP contribution is -2.54. The van der Waals surface area contributed by atoms with Crippen LogP contribution in [-0.2, 0) is 11.2 Å². The van der Waals surface area contributed by atoms with Gasteiger partial charge in [-0.15, -0.1) is 11.8 Å². The van der Waals surface area contributed by atoms with E-state index in [1.807, 2.05) is 37.3 Å². The van der Waals surface area contributed by atoms with Crippen molar-refractivity contribution in [3.05, 3.63) is 93.8 Å². The molecule has 2 heterocycles. The lowest BCUT2D eigenvalue weighted by Gasteiger charge is -2.41. The van der Waals surface area contributed by atoms with Crippen molar-refractivity contribution in [1.82, 2.24) is 4.90 Å². The number of thioether (sulfide) groups is 1. The number of likely N-dealkylation sites (tertiary alicyclic amines) is 1. The van der Waals surface area contributed by atoms with E-state index in [9.17, 15) is 24.5 Å². The molecule has 0 aliphatic carbocycles. The summed E-state index contributed by atoms with van der Waals surface area (Å²) >= 11 is 7.58. The van der Waals surface area contributed by atoms with Crippen LogP contribution in [-0.4, -0.2) is 76.0 Å². The van der Waals surface area contributed by atoms with Crippen molar-refractivity contribution < 1.29 is 34.0 Å². The summed E-state index contributed by atoms with van der Waals surface area (Å²) in [5.41, 5.74) is 2.81. The maximum absolute atomic E-state index is 14.6. The molecular formula is C31H33ClFNO6S. The Balaban J connectivity index is 1.30. The predicted octanol–water partition coefficient (Wildman–Crippen LogP) is 4.63. The Bertz CT molecular complexity index is 1370. The standard InChI is InChI=1S/C31H33ClFNO6S/c1-2-39-22-8-4-18(5-9-22)14-21-15-19(6-10-23(21)32)30-29(37)28(36)27(35)25(40-30)17-41-26-16-20(7-11-24(26)33)31(38)34-12-3-13-34/h4-11,15-16,25,27-30,35-37H,2-3,12-14,17H2,1H3/t25-,27-,28+,29-,30+/m1/s1. The molecule has 0 spiro atoms. The zero-order chi connectivity index (χ0) is 29.1. The van der Waals surface area contributed by atoms with Gasteiger partial charge in [0.1, 0.15) is 36.0 Å². The minimum atomic E-state index is -1.48. The van der Waals surface area contributed by atoms with E-state index in [4.69, 9.17) is 21.1 Å². The molecule has 2 aliphatic heterocycles. The van der Waals surface area contributed by atoms with Gasteiger partial charge in [0.25, 0.3) is 5.91 Å². The fraction of sp³-hybridized carbons (Fsp3) is 0.387. The molecule has 3 aromatic rings. The quantitative estimate of drug-likeness (QED) is 0.308. The molecule has 5 rings (SSSR count). The minimum Gasteiger partial charge on any atom is -0.494 e. The van der Waals surface area contributed by atoms with Crippen LogP contribution < -0.4 is 4.74 Å². The van der Waals surface area contributed by atoms with Crippen LogP contribution in [0.2, 0.25) is 5.02 Å². The number of aliphatic hydroxyl groups is 3. The summed E-state index contributed by atoms with van der Waals surface area (Å²) in [6.07, 6.45) is -4.63. The summed E-state index contributed by atoms with van der Waals surface area (Å²) in [6.45, 7) is 3.88. The number of hydrogen-bond acceptors (Lipinski definition) is 7. The molecule has 2 aliphatic rings. The predicted molar refractivity (Wildman–Crippen MR) is 155 cm³/mol. The molecule has 0 radical (unpaired) electrons. The second-order valence-corrected chi connectivity index (χ2v) is 11.7. The van der Waals surface area contributed by atoms with Crippen LogP contribution in [0.15, 0.2) is 65.6 Å². The van der Waals surface area contributed by atoms with Crippen LogP contribution >= 0.6 is 23.4 Å².